The van der Waals surface area contributed by atoms with Crippen molar-refractivity contribution in [2.24, 2.45) is 0 Å². The molecule has 0 saturated heterocycles. The Bertz CT molecular complexity index is 9.51. The van der Waals surface area contributed by atoms with E-state index >= 15 is 0 Å². The molecule has 0 N–H and O–H groups in total. The quantitative estimate of drug-likeness (QED) is 0.490. The molecule has 0 heterocycles. The number of hydrogen-bond donors (Lipinski definition) is 0. The molecule has 0 aliphatic carbocycles. The van der Waals surface area contributed by atoms with Gasteiger partial charge in [-0.15, -0.1) is 0 Å². The van der Waals surface area contributed by atoms with E-state index in [1.165, 1.54) is 0 Å². The molecule has 6 heteroatoms. The molecule has 6 heavy (non-hydrogen) atoms. The molecule has 0 aromatic heterocycles. The van der Waals surface area contributed by atoms with Gasteiger partial charge in [0, 0.05) is 121 Å². The molecule has 2 radical (unpaired) electrons. The van der Waals surface area contributed by atoms with Crippen LogP contribution in [0.2, 0.25) is 0 Å². The molecule has 0 amide bonds. The second kappa shape index (κ2) is 36.7. The topological polar surface area (TPSA) is 0 Å². The summed E-state index contributed by atoms with van der Waals surface area (Å²) in [7, 11) is 0. The summed E-state index contributed by atoms with van der Waals surface area (Å²) < 4.78 is 0. The SMILES string of the molecule is [Cr].[Cr].[Cu].[Cu].[Zr].[Zr]. The minimum absolute atomic E-state index is 0. The maximum absolute atomic E-state index is 0. The van der Waals surface area contributed by atoms with Crippen LogP contribution in [0.3, 0.4) is 0 Å². The normalized spacial score (nSPS) is 0. The molecule has 0 rings (SSSR count). The van der Waals surface area contributed by atoms with Crippen LogP contribution in [0.25, 0.3) is 0 Å². The fourth-order valence-corrected chi connectivity index (χ4v) is 0. The van der Waals surface area contributed by atoms with Crippen molar-refractivity contribution in [3.8, 4) is 0 Å². The van der Waals surface area contributed by atoms with E-state index in [4.69, 9.17) is 0 Å². The third kappa shape index (κ3) is 24.8. The van der Waals surface area contributed by atoms with Crippen LogP contribution < -0.4 is 0 Å². The van der Waals surface area contributed by atoms with Crippen molar-refractivity contribution in [1.29, 1.82) is 0 Å². The number of hydrogen-bond acceptors (Lipinski definition) is 0. The van der Waals surface area contributed by atoms with Gasteiger partial charge in [-0.25, -0.2) is 0 Å². The molecular formula is Cr2Cu2Zr2. The number of rotatable bonds is 0. The monoisotopic (exact) mass is 410 g/mol. The van der Waals surface area contributed by atoms with E-state index in [9.17, 15) is 0 Å². The van der Waals surface area contributed by atoms with Crippen molar-refractivity contribution in [3.05, 3.63) is 0 Å². The Hall–Kier alpha value is 3.87. The summed E-state index contributed by atoms with van der Waals surface area (Å²) >= 11 is 0. The summed E-state index contributed by atoms with van der Waals surface area (Å²) in [5.74, 6) is 0. The summed E-state index contributed by atoms with van der Waals surface area (Å²) in [4.78, 5) is 0. The molecule has 0 fully saturated rings. The van der Waals surface area contributed by atoms with E-state index in [1.807, 2.05) is 0 Å². The first-order valence-corrected chi connectivity index (χ1v) is 0. The molecule has 0 aliphatic rings. The van der Waals surface area contributed by atoms with Gasteiger partial charge in [-0.1, -0.05) is 0 Å². The van der Waals surface area contributed by atoms with Gasteiger partial charge in [0.05, 0.1) is 0 Å². The summed E-state index contributed by atoms with van der Waals surface area (Å²) in [5, 5.41) is 0. The van der Waals surface area contributed by atoms with Gasteiger partial charge in [-0.2, -0.15) is 0 Å². The fourth-order valence-electron chi connectivity index (χ4n) is 0. The zero-order valence-electron chi connectivity index (χ0n) is 2.42. The van der Waals surface area contributed by atoms with Crippen LogP contribution in [0, 0.1) is 0 Å². The molecule has 0 aromatic rings. The Morgan fingerprint density at radius 1 is 0.500 bits per heavy atom. The smallest absolute Gasteiger partial charge is 0 e. The Morgan fingerprint density at radius 3 is 0.500 bits per heavy atom. The van der Waals surface area contributed by atoms with Crippen molar-refractivity contribution in [2.75, 3.05) is 0 Å². The minimum atomic E-state index is 0. The molecule has 0 nitrogen and oxygen atoms in total. The average molecular weight is 414 g/mol. The van der Waals surface area contributed by atoms with Crippen LogP contribution in [0.4, 0.5) is 0 Å². The van der Waals surface area contributed by atoms with Gasteiger partial charge in [0.2, 0.25) is 0 Å². The van der Waals surface area contributed by atoms with Crippen molar-refractivity contribution < 1.29 is 121 Å². The van der Waals surface area contributed by atoms with E-state index in [-0.39, 0.29) is 121 Å². The predicted octanol–water partition coefficient (Wildman–Crippen LogP) is -0.0150. The van der Waals surface area contributed by atoms with Gasteiger partial charge in [-0.05, 0) is 0 Å². The summed E-state index contributed by atoms with van der Waals surface area (Å²) in [5.41, 5.74) is 0. The molecule has 0 aliphatic heterocycles. The Labute approximate surface area is 119 Å². The Morgan fingerprint density at radius 2 is 0.500 bits per heavy atom. The first-order valence-electron chi connectivity index (χ1n) is 0. The summed E-state index contributed by atoms with van der Waals surface area (Å²) in [6.07, 6.45) is 0. The fraction of sp³-hybridized carbons (Fsp3) is 0. The maximum Gasteiger partial charge on any atom is 0 e. The molecule has 0 aromatic carbocycles. The van der Waals surface area contributed by atoms with Crippen molar-refractivity contribution in [2.45, 2.75) is 0 Å². The van der Waals surface area contributed by atoms with Crippen molar-refractivity contribution in [3.63, 3.8) is 0 Å². The molecule has 0 unspecified atom stereocenters. The third-order valence-electron chi connectivity index (χ3n) is 0. The summed E-state index contributed by atoms with van der Waals surface area (Å²) in [6, 6.07) is 0. The molecule has 42 valence electrons. The predicted molar refractivity (Wildman–Crippen MR) is 0 cm³/mol. The zero-order chi connectivity index (χ0) is 0. The second-order valence-electron chi connectivity index (χ2n) is 0. The second-order valence-corrected chi connectivity index (χ2v) is 0. The van der Waals surface area contributed by atoms with E-state index < -0.39 is 0 Å². The molecule has 0 bridgehead atoms. The van der Waals surface area contributed by atoms with Gasteiger partial charge in [0.25, 0.3) is 0 Å². The van der Waals surface area contributed by atoms with Crippen LogP contribution in [-0.2, 0) is 121 Å². The van der Waals surface area contributed by atoms with Crippen molar-refractivity contribution >= 4 is 0 Å². The molecule has 0 atom stereocenters. The molecule has 0 saturated carbocycles. The molecule has 0 spiro atoms. The largest absolute Gasteiger partial charge is 0 e. The maximum atomic E-state index is 0. The van der Waals surface area contributed by atoms with E-state index in [1.54, 1.807) is 0 Å². The van der Waals surface area contributed by atoms with Gasteiger partial charge >= 0.3 is 0 Å². The van der Waals surface area contributed by atoms with Crippen LogP contribution in [-0.4, -0.2) is 0 Å². The van der Waals surface area contributed by atoms with Crippen LogP contribution in [0.1, 0.15) is 0 Å². The zero-order valence-corrected chi connectivity index (χ0v) is 11.8. The van der Waals surface area contributed by atoms with Crippen LogP contribution in [0.5, 0.6) is 0 Å². The standard InChI is InChI=1S/2Cr.2Cu.2Zr. The first-order chi connectivity index (χ1) is 0. The van der Waals surface area contributed by atoms with Gasteiger partial charge in [0.1, 0.15) is 0 Å². The van der Waals surface area contributed by atoms with E-state index in [2.05, 4.69) is 0 Å². The first kappa shape index (κ1) is 51.8. The minimum Gasteiger partial charge on any atom is 0 e. The van der Waals surface area contributed by atoms with Gasteiger partial charge in [-0.3, -0.25) is 0 Å². The van der Waals surface area contributed by atoms with Gasteiger partial charge in [0.15, 0.2) is 0 Å². The van der Waals surface area contributed by atoms with Crippen LogP contribution in [0.15, 0.2) is 0 Å². The van der Waals surface area contributed by atoms with E-state index in [0.29, 0.717) is 0 Å². The van der Waals surface area contributed by atoms with E-state index in [0.717, 1.165) is 0 Å². The summed E-state index contributed by atoms with van der Waals surface area (Å²) in [6.45, 7) is 0. The van der Waals surface area contributed by atoms with Crippen molar-refractivity contribution in [1.82, 2.24) is 0 Å². The van der Waals surface area contributed by atoms with Crippen LogP contribution >= 0.6 is 0 Å². The Balaban J connectivity index is 0. The third-order valence-corrected chi connectivity index (χ3v) is 0. The Kier molecular flexibility index (Phi) is 317. The van der Waals surface area contributed by atoms with Gasteiger partial charge < -0.3 is 0 Å². The molecular weight excluding hydrogens is 414 g/mol. The average Bonchev–Trinajstić information content (AvgIpc) is 0.